The van der Waals surface area contributed by atoms with E-state index in [1.54, 1.807) is 32.2 Å². The maximum Gasteiger partial charge on any atom is 0.412 e. The number of halogens is 2. The summed E-state index contributed by atoms with van der Waals surface area (Å²) in [5, 5.41) is 12.9. The van der Waals surface area contributed by atoms with Gasteiger partial charge in [0.05, 0.1) is 12.2 Å². The van der Waals surface area contributed by atoms with E-state index in [1.165, 1.54) is 12.3 Å². The lowest BCUT2D eigenvalue weighted by atomic mass is 9.53. The fourth-order valence-electron chi connectivity index (χ4n) is 5.94. The van der Waals surface area contributed by atoms with E-state index in [2.05, 4.69) is 15.3 Å². The van der Waals surface area contributed by atoms with Crippen LogP contribution in [0.25, 0.3) is 11.1 Å². The van der Waals surface area contributed by atoms with Gasteiger partial charge in [0.15, 0.2) is 0 Å². The maximum atomic E-state index is 13.6. The molecule has 206 valence electrons. The van der Waals surface area contributed by atoms with Crippen LogP contribution in [0, 0.1) is 5.41 Å². The summed E-state index contributed by atoms with van der Waals surface area (Å²) < 4.78 is 32.9. The molecule has 2 N–H and O–H groups in total. The van der Waals surface area contributed by atoms with E-state index in [1.807, 2.05) is 30.3 Å². The topological polar surface area (TPSA) is 84.3 Å². The lowest BCUT2D eigenvalue weighted by molar-refractivity contribution is -0.0130. The van der Waals surface area contributed by atoms with Crippen LogP contribution in [0.2, 0.25) is 0 Å². The molecule has 0 spiro atoms. The van der Waals surface area contributed by atoms with Crippen molar-refractivity contribution in [2.75, 3.05) is 11.9 Å². The summed E-state index contributed by atoms with van der Waals surface area (Å²) in [6.45, 7) is 4.71. The van der Waals surface area contributed by atoms with Crippen molar-refractivity contribution < 1.29 is 23.4 Å². The van der Waals surface area contributed by atoms with Gasteiger partial charge in [0.25, 0.3) is 5.92 Å². The summed E-state index contributed by atoms with van der Waals surface area (Å²) in [6.07, 6.45) is 7.84. The number of hydrogen-bond donors (Lipinski definition) is 2. The molecule has 0 atom stereocenters. The van der Waals surface area contributed by atoms with Gasteiger partial charge < -0.3 is 9.84 Å². The fraction of sp³-hybridized carbons (Fsp3) is 0.452. The van der Waals surface area contributed by atoms with Crippen LogP contribution >= 0.6 is 0 Å². The summed E-state index contributed by atoms with van der Waals surface area (Å²) in [5.74, 6) is -2.49. The minimum atomic E-state index is -2.89. The third-order valence-electron chi connectivity index (χ3n) is 8.64. The van der Waals surface area contributed by atoms with Crippen LogP contribution in [-0.2, 0) is 21.7 Å². The fourth-order valence-corrected chi connectivity index (χ4v) is 5.94. The molecule has 6 nitrogen and oxygen atoms in total. The summed E-state index contributed by atoms with van der Waals surface area (Å²) in [7, 11) is 0. The van der Waals surface area contributed by atoms with Gasteiger partial charge in [0, 0.05) is 41.4 Å². The second kappa shape index (κ2) is 9.97. The number of carbonyl (C=O) groups is 1. The van der Waals surface area contributed by atoms with Crippen LogP contribution in [0.3, 0.4) is 0 Å². The predicted molar refractivity (Wildman–Crippen MR) is 146 cm³/mol. The number of amides is 1. The van der Waals surface area contributed by atoms with E-state index in [9.17, 15) is 18.7 Å². The van der Waals surface area contributed by atoms with E-state index in [-0.39, 0.29) is 16.4 Å². The average molecular weight is 536 g/mol. The van der Waals surface area contributed by atoms with E-state index < -0.39 is 17.6 Å². The largest absolute Gasteiger partial charge is 0.449 e. The van der Waals surface area contributed by atoms with Crippen molar-refractivity contribution >= 4 is 11.9 Å². The Labute approximate surface area is 227 Å². The molecular formula is C31H35F2N3O3. The molecule has 2 bridgehead atoms. The number of aromatic nitrogens is 2. The number of nitrogens with one attached hydrogen (secondary N) is 1. The molecule has 0 radical (unpaired) electrons. The minimum Gasteiger partial charge on any atom is -0.449 e. The first-order chi connectivity index (χ1) is 18.4. The number of benzene rings is 1. The summed E-state index contributed by atoms with van der Waals surface area (Å²) in [5.41, 5.74) is 2.42. The summed E-state index contributed by atoms with van der Waals surface area (Å²) in [6, 6.07) is 14.5. The molecule has 3 aromatic rings. The number of nitrogens with zero attached hydrogens (tertiary/aromatic N) is 2. The SMILES string of the molecule is CC(C)(O)c1ccc(-c2ccnc(NC(=O)OCC34CCC(c5ccc(C(C)(F)F)cn5)(CC3)CC4)c2)cc1. The molecule has 2 heterocycles. The molecule has 1 aromatic carbocycles. The lowest BCUT2D eigenvalue weighted by Crippen LogP contribution is -2.47. The normalized spacial score (nSPS) is 22.9. The molecular weight excluding hydrogens is 500 g/mol. The van der Waals surface area contributed by atoms with Gasteiger partial charge in [-0.25, -0.2) is 18.6 Å². The number of fused-ring (bicyclic) bond motifs is 3. The zero-order chi connectivity index (χ0) is 27.9. The number of hydrogen-bond acceptors (Lipinski definition) is 5. The minimum absolute atomic E-state index is 0.0625. The molecule has 0 unspecified atom stereocenters. The van der Waals surface area contributed by atoms with E-state index in [0.717, 1.165) is 67.8 Å². The molecule has 1 amide bonds. The highest BCUT2D eigenvalue weighted by atomic mass is 19.3. The van der Waals surface area contributed by atoms with Gasteiger partial charge in [-0.15, -0.1) is 0 Å². The van der Waals surface area contributed by atoms with E-state index in [0.29, 0.717) is 12.4 Å². The monoisotopic (exact) mass is 535 g/mol. The third-order valence-corrected chi connectivity index (χ3v) is 8.64. The van der Waals surface area contributed by atoms with Gasteiger partial charge >= 0.3 is 6.09 Å². The van der Waals surface area contributed by atoms with Crippen LogP contribution in [0.5, 0.6) is 0 Å². The predicted octanol–water partition coefficient (Wildman–Crippen LogP) is 7.32. The zero-order valence-corrected chi connectivity index (χ0v) is 22.6. The average Bonchev–Trinajstić information content (AvgIpc) is 2.92. The van der Waals surface area contributed by atoms with Gasteiger partial charge in [-0.3, -0.25) is 10.3 Å². The van der Waals surface area contributed by atoms with Crippen molar-refractivity contribution in [3.8, 4) is 11.1 Å². The van der Waals surface area contributed by atoms with Gasteiger partial charge in [-0.1, -0.05) is 24.3 Å². The zero-order valence-electron chi connectivity index (χ0n) is 22.6. The first-order valence-electron chi connectivity index (χ1n) is 13.5. The van der Waals surface area contributed by atoms with Crippen LogP contribution in [0.1, 0.15) is 76.1 Å². The van der Waals surface area contributed by atoms with Crippen LogP contribution in [0.15, 0.2) is 60.9 Å². The van der Waals surface area contributed by atoms with E-state index >= 15 is 0 Å². The molecule has 0 saturated heterocycles. The second-order valence-electron chi connectivity index (χ2n) is 11.9. The lowest BCUT2D eigenvalue weighted by Gasteiger charge is -2.52. The van der Waals surface area contributed by atoms with Crippen LogP contribution < -0.4 is 5.32 Å². The number of pyridine rings is 2. The quantitative estimate of drug-likeness (QED) is 0.331. The molecule has 3 aliphatic carbocycles. The smallest absolute Gasteiger partial charge is 0.412 e. The van der Waals surface area contributed by atoms with Crippen LogP contribution in [-0.4, -0.2) is 27.8 Å². The highest BCUT2D eigenvalue weighted by Crippen LogP contribution is 2.57. The van der Waals surface area contributed by atoms with Crippen molar-refractivity contribution in [1.82, 2.24) is 9.97 Å². The van der Waals surface area contributed by atoms with Gasteiger partial charge in [-0.2, -0.15) is 0 Å². The summed E-state index contributed by atoms with van der Waals surface area (Å²) in [4.78, 5) is 21.3. The van der Waals surface area contributed by atoms with Crippen molar-refractivity contribution in [2.24, 2.45) is 5.41 Å². The second-order valence-corrected chi connectivity index (χ2v) is 11.9. The number of rotatable bonds is 7. The molecule has 39 heavy (non-hydrogen) atoms. The molecule has 2 aromatic heterocycles. The van der Waals surface area contributed by atoms with Gasteiger partial charge in [0.2, 0.25) is 0 Å². The van der Waals surface area contributed by atoms with Crippen molar-refractivity contribution in [3.63, 3.8) is 0 Å². The van der Waals surface area contributed by atoms with Gasteiger partial charge in [0.1, 0.15) is 5.82 Å². The highest BCUT2D eigenvalue weighted by Gasteiger charge is 2.50. The number of alkyl halides is 2. The number of carbonyl (C=O) groups excluding carboxylic acids is 1. The Kier molecular flexibility index (Phi) is 6.95. The van der Waals surface area contributed by atoms with Crippen molar-refractivity contribution in [3.05, 3.63) is 77.7 Å². The number of anilines is 1. The van der Waals surface area contributed by atoms with Crippen molar-refractivity contribution in [2.45, 2.75) is 76.2 Å². The molecule has 0 aliphatic heterocycles. The Morgan fingerprint density at radius 2 is 1.56 bits per heavy atom. The Morgan fingerprint density at radius 1 is 0.923 bits per heavy atom. The molecule has 3 saturated carbocycles. The first-order valence-corrected chi connectivity index (χ1v) is 13.5. The third kappa shape index (κ3) is 5.81. The first kappa shape index (κ1) is 27.2. The Bertz CT molecular complexity index is 1300. The van der Waals surface area contributed by atoms with Crippen molar-refractivity contribution in [1.29, 1.82) is 0 Å². The summed E-state index contributed by atoms with van der Waals surface area (Å²) >= 11 is 0. The van der Waals surface area contributed by atoms with Gasteiger partial charge in [-0.05, 0) is 93.3 Å². The Morgan fingerprint density at radius 3 is 2.13 bits per heavy atom. The standard InChI is InChI=1S/C31H35F2N3O3/c1-28(2,38)23-6-4-21(5-7-23)22-10-17-34-26(18-22)36-27(37)39-20-30-11-14-31(15-12-30,16-13-30)25-9-8-24(19-35-25)29(3,32)33/h4-10,17-19,38H,11-16,20H2,1-3H3,(H,34,36,37). The van der Waals surface area contributed by atoms with E-state index in [4.69, 9.17) is 4.74 Å². The molecule has 3 fully saturated rings. The van der Waals surface area contributed by atoms with Crippen LogP contribution in [0.4, 0.5) is 19.4 Å². The Hall–Kier alpha value is -3.39. The molecule has 6 rings (SSSR count). The molecule has 8 heteroatoms. The highest BCUT2D eigenvalue weighted by molar-refractivity contribution is 5.84. The molecule has 3 aliphatic rings. The maximum absolute atomic E-state index is 13.6. The number of ether oxygens (including phenoxy) is 1. The number of aliphatic hydroxyl groups is 1. The Balaban J connectivity index is 1.16.